The van der Waals surface area contributed by atoms with Gasteiger partial charge in [0.1, 0.15) is 6.04 Å². The molecule has 22 heavy (non-hydrogen) atoms. The molecule has 2 heterocycles. The maximum absolute atomic E-state index is 12.8. The molecule has 1 unspecified atom stereocenters. The molecule has 1 atom stereocenters. The average Bonchev–Trinajstić information content (AvgIpc) is 2.83. The van der Waals surface area contributed by atoms with Gasteiger partial charge in [0.05, 0.1) is 1.37 Å². The van der Waals surface area contributed by atoms with Crippen molar-refractivity contribution in [1.29, 1.82) is 0 Å². The number of rotatable bonds is 2. The van der Waals surface area contributed by atoms with Crippen molar-refractivity contribution in [2.24, 2.45) is 0 Å². The van der Waals surface area contributed by atoms with E-state index in [-0.39, 0.29) is 30.8 Å². The second-order valence-corrected chi connectivity index (χ2v) is 5.75. The lowest BCUT2D eigenvalue weighted by molar-refractivity contribution is -0.136. The van der Waals surface area contributed by atoms with E-state index in [1.54, 1.807) is 7.05 Å². The highest BCUT2D eigenvalue weighted by atomic mass is 16.2. The number of anilines is 1. The molecule has 0 aromatic heterocycles. The average molecular weight is 302 g/mol. The topological polar surface area (TPSA) is 78.5 Å². The first kappa shape index (κ1) is 13.3. The molecule has 3 rings (SSSR count). The van der Waals surface area contributed by atoms with E-state index in [0.29, 0.717) is 12.0 Å². The molecule has 1 saturated heterocycles. The van der Waals surface area contributed by atoms with Crippen LogP contribution in [-0.4, -0.2) is 35.7 Å². The fourth-order valence-electron chi connectivity index (χ4n) is 3.19. The van der Waals surface area contributed by atoms with E-state index in [1.165, 1.54) is 4.90 Å². The summed E-state index contributed by atoms with van der Waals surface area (Å²) < 4.78 is 8.28. The summed E-state index contributed by atoms with van der Waals surface area (Å²) in [4.78, 5) is 37.6. The molecule has 116 valence electrons. The number of hydrogen-bond acceptors (Lipinski definition) is 4. The summed E-state index contributed by atoms with van der Waals surface area (Å²) in [5, 5.41) is 5.39. The zero-order chi connectivity index (χ0) is 16.9. The molecule has 0 spiro atoms. The summed E-state index contributed by atoms with van der Waals surface area (Å²) in [6.07, 6.45) is 0.547. The zero-order valence-electron chi connectivity index (χ0n) is 13.9. The SMILES string of the molecule is [2H]c1c(C)c(C)c(NC)c2c1C(=O)N(C1CCC(=O)NC1=O)C2. The Morgan fingerprint density at radius 2 is 2.09 bits per heavy atom. The summed E-state index contributed by atoms with van der Waals surface area (Å²) in [6.45, 7) is 4.02. The lowest BCUT2D eigenvalue weighted by atomic mass is 9.98. The predicted molar refractivity (Wildman–Crippen MR) is 81.5 cm³/mol. The van der Waals surface area contributed by atoms with Gasteiger partial charge in [0.15, 0.2) is 0 Å². The molecule has 1 fully saturated rings. The molecule has 3 amide bonds. The lowest BCUT2D eigenvalue weighted by Crippen LogP contribution is -2.52. The first-order valence-electron chi connectivity index (χ1n) is 7.81. The second kappa shape index (κ2) is 5.12. The van der Waals surface area contributed by atoms with Crippen molar-refractivity contribution >= 4 is 23.4 Å². The van der Waals surface area contributed by atoms with Crippen molar-refractivity contribution in [3.8, 4) is 0 Å². The van der Waals surface area contributed by atoms with Crippen molar-refractivity contribution in [3.63, 3.8) is 0 Å². The predicted octanol–water partition coefficient (Wildman–Crippen LogP) is 1.11. The standard InChI is InChI=1S/C16H19N3O3/c1-8-6-10-11(14(17-3)9(8)2)7-19(16(10)22)12-4-5-13(20)18-15(12)21/h6,12,17H,4-5,7H2,1-3H3,(H,18,20,21)/i6D. The van der Waals surface area contributed by atoms with Crippen LogP contribution in [0.3, 0.4) is 0 Å². The molecule has 1 aromatic rings. The van der Waals surface area contributed by atoms with Gasteiger partial charge in [0.25, 0.3) is 5.91 Å². The Hall–Kier alpha value is -2.37. The fraction of sp³-hybridized carbons (Fsp3) is 0.438. The number of piperidine rings is 1. The van der Waals surface area contributed by atoms with Crippen LogP contribution in [0, 0.1) is 13.8 Å². The molecular formula is C16H19N3O3. The van der Waals surface area contributed by atoms with Gasteiger partial charge in [-0.15, -0.1) is 0 Å². The Labute approximate surface area is 130 Å². The molecule has 2 aliphatic heterocycles. The molecule has 0 aliphatic carbocycles. The zero-order valence-corrected chi connectivity index (χ0v) is 12.9. The summed E-state index contributed by atoms with van der Waals surface area (Å²) in [7, 11) is 1.78. The number of nitrogens with one attached hydrogen (secondary N) is 2. The summed E-state index contributed by atoms with van der Waals surface area (Å²) >= 11 is 0. The van der Waals surface area contributed by atoms with Crippen LogP contribution in [0.4, 0.5) is 5.69 Å². The van der Waals surface area contributed by atoms with Crippen LogP contribution < -0.4 is 10.6 Å². The van der Waals surface area contributed by atoms with E-state index in [0.717, 1.165) is 22.4 Å². The van der Waals surface area contributed by atoms with Gasteiger partial charge in [0, 0.05) is 36.8 Å². The largest absolute Gasteiger partial charge is 0.388 e. The number of carbonyl (C=O) groups is 3. The molecule has 2 aliphatic rings. The van der Waals surface area contributed by atoms with Crippen molar-refractivity contribution in [3.05, 3.63) is 28.3 Å². The quantitative estimate of drug-likeness (QED) is 0.802. The first-order chi connectivity index (χ1) is 10.9. The number of hydrogen-bond donors (Lipinski definition) is 2. The molecule has 2 N–H and O–H groups in total. The first-order valence-corrected chi connectivity index (χ1v) is 7.31. The summed E-state index contributed by atoms with van der Waals surface area (Å²) in [5.74, 6) is -1.05. The maximum atomic E-state index is 12.8. The van der Waals surface area contributed by atoms with Crippen molar-refractivity contribution in [2.75, 3.05) is 12.4 Å². The minimum Gasteiger partial charge on any atom is -0.388 e. The Bertz CT molecular complexity index is 745. The van der Waals surface area contributed by atoms with Crippen LogP contribution >= 0.6 is 0 Å². The third-order valence-electron chi connectivity index (χ3n) is 4.49. The molecule has 6 heteroatoms. The molecule has 0 bridgehead atoms. The van der Waals surface area contributed by atoms with Crippen molar-refractivity contribution in [2.45, 2.75) is 39.3 Å². The van der Waals surface area contributed by atoms with E-state index in [4.69, 9.17) is 1.37 Å². The molecule has 0 saturated carbocycles. The van der Waals surface area contributed by atoms with E-state index in [2.05, 4.69) is 10.6 Å². The van der Waals surface area contributed by atoms with E-state index >= 15 is 0 Å². The van der Waals surface area contributed by atoms with Crippen LogP contribution in [0.2, 0.25) is 0 Å². The minimum absolute atomic E-state index is 0.219. The Kier molecular flexibility index (Phi) is 3.10. The van der Waals surface area contributed by atoms with E-state index in [9.17, 15) is 14.4 Å². The van der Waals surface area contributed by atoms with Crippen LogP contribution in [0.15, 0.2) is 6.04 Å². The smallest absolute Gasteiger partial charge is 0.255 e. The van der Waals surface area contributed by atoms with Gasteiger partial charge < -0.3 is 10.2 Å². The monoisotopic (exact) mass is 302 g/mol. The lowest BCUT2D eigenvalue weighted by Gasteiger charge is -2.29. The van der Waals surface area contributed by atoms with Crippen LogP contribution in [0.1, 0.15) is 41.3 Å². The highest BCUT2D eigenvalue weighted by molar-refractivity contribution is 6.06. The van der Waals surface area contributed by atoms with E-state index < -0.39 is 11.9 Å². The van der Waals surface area contributed by atoms with Crippen LogP contribution in [0.5, 0.6) is 0 Å². The maximum Gasteiger partial charge on any atom is 0.255 e. The van der Waals surface area contributed by atoms with Gasteiger partial charge in [-0.1, -0.05) is 0 Å². The third kappa shape index (κ3) is 2.06. The van der Waals surface area contributed by atoms with Gasteiger partial charge in [0.2, 0.25) is 11.8 Å². The number of amides is 3. The normalized spacial score (nSPS) is 21.6. The number of fused-ring (bicyclic) bond motifs is 1. The number of imide groups is 1. The number of carbonyl (C=O) groups excluding carboxylic acids is 3. The molecule has 6 nitrogen and oxygen atoms in total. The van der Waals surface area contributed by atoms with Crippen LogP contribution in [0.25, 0.3) is 0 Å². The summed E-state index contributed by atoms with van der Waals surface area (Å²) in [6, 6.07) is -0.436. The molecule has 1 aromatic carbocycles. The van der Waals surface area contributed by atoms with Crippen molar-refractivity contribution < 1.29 is 15.8 Å². The Balaban J connectivity index is 2.04. The minimum atomic E-state index is -0.655. The fourth-order valence-corrected chi connectivity index (χ4v) is 3.19. The van der Waals surface area contributed by atoms with E-state index in [1.807, 2.05) is 13.8 Å². The van der Waals surface area contributed by atoms with Crippen molar-refractivity contribution in [1.82, 2.24) is 10.2 Å². The van der Waals surface area contributed by atoms with Crippen LogP contribution in [-0.2, 0) is 16.1 Å². The summed E-state index contributed by atoms with van der Waals surface area (Å²) in [5.41, 5.74) is 3.66. The third-order valence-corrected chi connectivity index (χ3v) is 4.49. The van der Waals surface area contributed by atoms with Gasteiger partial charge in [-0.3, -0.25) is 19.7 Å². The molecular weight excluding hydrogens is 282 g/mol. The van der Waals surface area contributed by atoms with Gasteiger partial charge in [-0.25, -0.2) is 0 Å². The Morgan fingerprint density at radius 3 is 2.73 bits per heavy atom. The second-order valence-electron chi connectivity index (χ2n) is 5.75. The number of benzene rings is 1. The van der Waals surface area contributed by atoms with Gasteiger partial charge in [-0.2, -0.15) is 0 Å². The van der Waals surface area contributed by atoms with Gasteiger partial charge in [-0.05, 0) is 37.4 Å². The van der Waals surface area contributed by atoms with Gasteiger partial charge >= 0.3 is 0 Å². The highest BCUT2D eigenvalue weighted by Gasteiger charge is 2.40. The number of nitrogens with zero attached hydrogens (tertiary/aromatic N) is 1. The molecule has 0 radical (unpaired) electrons. The Morgan fingerprint density at radius 1 is 1.36 bits per heavy atom. The highest BCUT2D eigenvalue weighted by Crippen LogP contribution is 2.35.